The summed E-state index contributed by atoms with van der Waals surface area (Å²) < 4.78 is 0. The molecule has 2 N–H and O–H groups in total. The number of carbonyl (C=O) groups is 1. The SMILES string of the molecule is O=C(O)c1ccccc1N1c2ccc3ccccc3c2NN1c1ccccc1. The fourth-order valence-corrected chi connectivity index (χ4v) is 3.64. The van der Waals surface area contributed by atoms with E-state index in [0.29, 0.717) is 5.69 Å². The third kappa shape index (κ3) is 2.45. The summed E-state index contributed by atoms with van der Waals surface area (Å²) in [6, 6.07) is 29.1. The van der Waals surface area contributed by atoms with Crippen molar-refractivity contribution in [3.05, 3.63) is 96.6 Å². The van der Waals surface area contributed by atoms with Gasteiger partial charge in [0.25, 0.3) is 0 Å². The lowest BCUT2D eigenvalue weighted by atomic mass is 10.1. The summed E-state index contributed by atoms with van der Waals surface area (Å²) in [6.07, 6.45) is 0. The molecule has 0 aliphatic carbocycles. The number of carboxylic acid groups (broad SMARTS) is 1. The summed E-state index contributed by atoms with van der Waals surface area (Å²) in [7, 11) is 0. The van der Waals surface area contributed by atoms with Crippen molar-refractivity contribution >= 4 is 39.5 Å². The molecule has 0 amide bonds. The minimum absolute atomic E-state index is 0.242. The number of nitrogens with one attached hydrogen (secondary N) is 1. The lowest BCUT2D eigenvalue weighted by molar-refractivity contribution is 0.0697. The number of fused-ring (bicyclic) bond motifs is 3. The van der Waals surface area contributed by atoms with Crippen LogP contribution in [0.1, 0.15) is 10.4 Å². The molecule has 28 heavy (non-hydrogen) atoms. The van der Waals surface area contributed by atoms with Crippen LogP contribution in [0.4, 0.5) is 22.7 Å². The highest BCUT2D eigenvalue weighted by Crippen LogP contribution is 2.45. The van der Waals surface area contributed by atoms with E-state index in [1.54, 1.807) is 12.1 Å². The van der Waals surface area contributed by atoms with Gasteiger partial charge in [-0.2, -0.15) is 5.12 Å². The van der Waals surface area contributed by atoms with Gasteiger partial charge in [-0.3, -0.25) is 5.43 Å². The molecule has 0 unspecified atom stereocenters. The van der Waals surface area contributed by atoms with Crippen molar-refractivity contribution < 1.29 is 9.90 Å². The van der Waals surface area contributed by atoms with E-state index in [-0.39, 0.29) is 5.56 Å². The van der Waals surface area contributed by atoms with E-state index in [9.17, 15) is 9.90 Å². The van der Waals surface area contributed by atoms with Crippen molar-refractivity contribution in [2.75, 3.05) is 15.6 Å². The fraction of sp³-hybridized carbons (Fsp3) is 0. The maximum atomic E-state index is 11.9. The van der Waals surface area contributed by atoms with Crippen LogP contribution in [0.5, 0.6) is 0 Å². The van der Waals surface area contributed by atoms with Crippen LogP contribution in [0.3, 0.4) is 0 Å². The lowest BCUT2D eigenvalue weighted by Crippen LogP contribution is -2.39. The predicted octanol–water partition coefficient (Wildman–Crippen LogP) is 5.44. The van der Waals surface area contributed by atoms with E-state index in [1.165, 1.54) is 0 Å². The van der Waals surface area contributed by atoms with Gasteiger partial charge in [-0.05, 0) is 35.7 Å². The van der Waals surface area contributed by atoms with E-state index in [4.69, 9.17) is 0 Å². The highest BCUT2D eigenvalue weighted by Gasteiger charge is 2.32. The second-order valence-electron chi connectivity index (χ2n) is 6.57. The molecular weight excluding hydrogens is 350 g/mol. The van der Waals surface area contributed by atoms with Gasteiger partial charge < -0.3 is 5.11 Å². The molecule has 5 rings (SSSR count). The Morgan fingerprint density at radius 2 is 1.46 bits per heavy atom. The molecule has 1 aliphatic rings. The first kappa shape index (κ1) is 16.2. The van der Waals surface area contributed by atoms with Crippen LogP contribution in [0, 0.1) is 0 Å². The summed E-state index contributed by atoms with van der Waals surface area (Å²) in [5, 5.41) is 15.7. The molecule has 1 heterocycles. The zero-order valence-electron chi connectivity index (χ0n) is 14.9. The second kappa shape index (κ2) is 6.32. The Hall–Kier alpha value is -3.99. The number of carboxylic acids is 1. The fourth-order valence-electron chi connectivity index (χ4n) is 3.64. The monoisotopic (exact) mass is 367 g/mol. The summed E-state index contributed by atoms with van der Waals surface area (Å²) in [5.41, 5.74) is 7.07. The molecule has 0 saturated heterocycles. The van der Waals surface area contributed by atoms with Crippen LogP contribution in [-0.4, -0.2) is 11.1 Å². The number of hydrazine groups is 2. The maximum absolute atomic E-state index is 11.9. The smallest absolute Gasteiger partial charge is 0.337 e. The van der Waals surface area contributed by atoms with Crippen LogP contribution >= 0.6 is 0 Å². The van der Waals surface area contributed by atoms with Crippen molar-refractivity contribution in [3.63, 3.8) is 0 Å². The Bertz CT molecular complexity index is 1190. The van der Waals surface area contributed by atoms with Crippen LogP contribution in [0.2, 0.25) is 0 Å². The molecule has 0 spiro atoms. The molecule has 136 valence electrons. The number of rotatable bonds is 3. The number of anilines is 4. The topological polar surface area (TPSA) is 55.8 Å². The van der Waals surface area contributed by atoms with Crippen LogP contribution in [-0.2, 0) is 0 Å². The normalized spacial score (nSPS) is 12.7. The summed E-state index contributed by atoms with van der Waals surface area (Å²) in [5.74, 6) is -0.960. The van der Waals surface area contributed by atoms with Gasteiger partial charge >= 0.3 is 5.97 Å². The first-order valence-corrected chi connectivity index (χ1v) is 9.00. The zero-order valence-corrected chi connectivity index (χ0v) is 14.9. The molecule has 5 heteroatoms. The lowest BCUT2D eigenvalue weighted by Gasteiger charge is -2.31. The van der Waals surface area contributed by atoms with Crippen molar-refractivity contribution in [2.24, 2.45) is 0 Å². The molecule has 1 aliphatic heterocycles. The summed E-state index contributed by atoms with van der Waals surface area (Å²) in [6.45, 7) is 0. The van der Waals surface area contributed by atoms with Crippen LogP contribution in [0.25, 0.3) is 10.8 Å². The van der Waals surface area contributed by atoms with E-state index >= 15 is 0 Å². The number of hydrogen-bond donors (Lipinski definition) is 2. The molecule has 0 fully saturated rings. The molecule has 0 radical (unpaired) electrons. The Balaban J connectivity index is 1.77. The molecule has 0 saturated carbocycles. The second-order valence-corrected chi connectivity index (χ2v) is 6.57. The molecule has 5 nitrogen and oxygen atoms in total. The maximum Gasteiger partial charge on any atom is 0.337 e. The standard InChI is InChI=1S/C23H17N3O2/c27-23(28)19-12-6-7-13-20(19)25-21-15-14-16-8-4-5-11-18(16)22(21)24-26(25)17-9-2-1-3-10-17/h1-15,24H,(H,27,28). The average Bonchev–Trinajstić information content (AvgIpc) is 3.14. The third-order valence-corrected chi connectivity index (χ3v) is 4.92. The van der Waals surface area contributed by atoms with E-state index < -0.39 is 5.97 Å². The Kier molecular flexibility index (Phi) is 3.66. The molecular formula is C23H17N3O2. The highest BCUT2D eigenvalue weighted by atomic mass is 16.4. The van der Waals surface area contributed by atoms with Gasteiger partial charge in [0.1, 0.15) is 0 Å². The predicted molar refractivity (Wildman–Crippen MR) is 112 cm³/mol. The van der Waals surface area contributed by atoms with Crippen LogP contribution in [0.15, 0.2) is 91.0 Å². The van der Waals surface area contributed by atoms with Gasteiger partial charge in [0.15, 0.2) is 0 Å². The summed E-state index contributed by atoms with van der Waals surface area (Å²) >= 11 is 0. The van der Waals surface area contributed by atoms with E-state index in [1.807, 2.05) is 70.8 Å². The first-order chi connectivity index (χ1) is 13.7. The van der Waals surface area contributed by atoms with Gasteiger partial charge in [-0.25, -0.2) is 9.80 Å². The molecule has 4 aromatic rings. The zero-order chi connectivity index (χ0) is 19.1. The van der Waals surface area contributed by atoms with Gasteiger partial charge in [0.2, 0.25) is 0 Å². The van der Waals surface area contributed by atoms with Crippen molar-refractivity contribution in [1.82, 2.24) is 0 Å². The van der Waals surface area contributed by atoms with Crippen molar-refractivity contribution in [1.29, 1.82) is 0 Å². The molecule has 0 aromatic heterocycles. The molecule has 0 atom stereocenters. The number of hydrogen-bond acceptors (Lipinski definition) is 4. The van der Waals surface area contributed by atoms with Crippen molar-refractivity contribution in [3.8, 4) is 0 Å². The van der Waals surface area contributed by atoms with Gasteiger partial charge in [0.05, 0.1) is 28.3 Å². The Morgan fingerprint density at radius 1 is 0.750 bits per heavy atom. The quantitative estimate of drug-likeness (QED) is 0.505. The minimum Gasteiger partial charge on any atom is -0.478 e. The number of para-hydroxylation sites is 2. The van der Waals surface area contributed by atoms with E-state index in [0.717, 1.165) is 27.8 Å². The Labute approximate surface area is 162 Å². The van der Waals surface area contributed by atoms with E-state index in [2.05, 4.69) is 23.6 Å². The third-order valence-electron chi connectivity index (χ3n) is 4.92. The number of nitrogens with zero attached hydrogens (tertiary/aromatic N) is 2. The van der Waals surface area contributed by atoms with Crippen LogP contribution < -0.4 is 15.6 Å². The van der Waals surface area contributed by atoms with Gasteiger partial charge in [-0.1, -0.05) is 60.7 Å². The largest absolute Gasteiger partial charge is 0.478 e. The number of aromatic carboxylic acids is 1. The minimum atomic E-state index is -0.960. The summed E-state index contributed by atoms with van der Waals surface area (Å²) in [4.78, 5) is 11.9. The highest BCUT2D eigenvalue weighted by molar-refractivity contribution is 6.06. The number of benzene rings is 4. The average molecular weight is 367 g/mol. The molecule has 0 bridgehead atoms. The van der Waals surface area contributed by atoms with Crippen molar-refractivity contribution in [2.45, 2.75) is 0 Å². The first-order valence-electron chi connectivity index (χ1n) is 9.00. The molecule has 4 aromatic carbocycles. The Morgan fingerprint density at radius 3 is 2.29 bits per heavy atom. The van der Waals surface area contributed by atoms with Gasteiger partial charge in [0, 0.05) is 5.39 Å². The van der Waals surface area contributed by atoms with Gasteiger partial charge in [-0.15, -0.1) is 0 Å².